The van der Waals surface area contributed by atoms with E-state index in [1.54, 1.807) is 19.1 Å². The van der Waals surface area contributed by atoms with Crippen molar-refractivity contribution >= 4 is 46.7 Å². The highest BCUT2D eigenvalue weighted by molar-refractivity contribution is 6.33. The van der Waals surface area contributed by atoms with Crippen LogP contribution >= 0.6 is 11.6 Å². The van der Waals surface area contributed by atoms with Gasteiger partial charge in [-0.25, -0.2) is 4.79 Å². The van der Waals surface area contributed by atoms with Gasteiger partial charge in [0.25, 0.3) is 5.91 Å². The fourth-order valence-electron chi connectivity index (χ4n) is 3.35. The molecule has 2 aromatic rings. The third-order valence-corrected chi connectivity index (χ3v) is 5.39. The maximum absolute atomic E-state index is 12.9. The fraction of sp³-hybridized carbons (Fsp3) is 0.304. The Hall–Kier alpha value is -3.60. The van der Waals surface area contributed by atoms with Crippen LogP contribution in [0.25, 0.3) is 0 Å². The number of nitrogens with one attached hydrogen (secondary N) is 1. The number of carbonyl (C=O) groups is 4. The minimum Gasteiger partial charge on any atom is -0.462 e. The highest BCUT2D eigenvalue weighted by Gasteiger charge is 2.36. The van der Waals surface area contributed by atoms with Gasteiger partial charge in [0.15, 0.2) is 6.61 Å². The Kier molecular flexibility index (Phi) is 8.00. The lowest BCUT2D eigenvalue weighted by Crippen LogP contribution is -2.28. The summed E-state index contributed by atoms with van der Waals surface area (Å²) in [6.45, 7) is 1.13. The molecular weight excluding hydrogens is 493 g/mol. The van der Waals surface area contributed by atoms with Crippen molar-refractivity contribution in [1.82, 2.24) is 0 Å². The molecule has 1 N–H and O–H groups in total. The van der Waals surface area contributed by atoms with Gasteiger partial charge in [0.05, 0.1) is 34.4 Å². The van der Waals surface area contributed by atoms with E-state index in [1.165, 1.54) is 17.0 Å². The number of ether oxygens (including phenoxy) is 2. The van der Waals surface area contributed by atoms with Crippen LogP contribution in [0.15, 0.2) is 42.5 Å². The predicted octanol–water partition coefficient (Wildman–Crippen LogP) is 4.07. The number of carbonyl (C=O) groups excluding carboxylic acids is 4. The Labute approximate surface area is 202 Å². The van der Waals surface area contributed by atoms with E-state index in [-0.39, 0.29) is 36.2 Å². The zero-order valence-electron chi connectivity index (χ0n) is 18.4. The zero-order chi connectivity index (χ0) is 25.8. The minimum atomic E-state index is -4.63. The molecule has 0 spiro atoms. The Balaban J connectivity index is 1.55. The van der Waals surface area contributed by atoms with Crippen LogP contribution in [0.4, 0.5) is 24.5 Å². The molecule has 35 heavy (non-hydrogen) atoms. The number of hydrogen-bond donors (Lipinski definition) is 1. The molecule has 1 atom stereocenters. The number of alkyl halides is 3. The summed E-state index contributed by atoms with van der Waals surface area (Å²) in [6, 6.07) is 8.51. The van der Waals surface area contributed by atoms with E-state index in [0.717, 1.165) is 12.1 Å². The highest BCUT2D eigenvalue weighted by Crippen LogP contribution is 2.34. The van der Waals surface area contributed by atoms with Crippen LogP contribution in [-0.4, -0.2) is 43.5 Å². The first-order valence-corrected chi connectivity index (χ1v) is 10.8. The first-order valence-electron chi connectivity index (χ1n) is 10.4. The molecule has 3 rings (SSSR count). The van der Waals surface area contributed by atoms with Gasteiger partial charge in [0.2, 0.25) is 5.91 Å². The molecule has 0 radical (unpaired) electrons. The molecule has 1 aliphatic heterocycles. The van der Waals surface area contributed by atoms with E-state index in [9.17, 15) is 32.3 Å². The Bertz CT molecular complexity index is 1140. The monoisotopic (exact) mass is 512 g/mol. The molecule has 1 saturated heterocycles. The van der Waals surface area contributed by atoms with Crippen molar-refractivity contribution in [2.75, 3.05) is 30.0 Å². The third-order valence-electron chi connectivity index (χ3n) is 5.06. The zero-order valence-corrected chi connectivity index (χ0v) is 19.1. The van der Waals surface area contributed by atoms with Gasteiger partial charge >= 0.3 is 18.1 Å². The summed E-state index contributed by atoms with van der Waals surface area (Å²) in [5.74, 6) is -3.41. The topological polar surface area (TPSA) is 102 Å². The molecule has 0 aliphatic carbocycles. The molecule has 12 heteroatoms. The van der Waals surface area contributed by atoms with Gasteiger partial charge in [-0.15, -0.1) is 0 Å². The summed E-state index contributed by atoms with van der Waals surface area (Å²) in [5, 5.41) is 2.05. The van der Waals surface area contributed by atoms with Crippen LogP contribution in [-0.2, 0) is 30.0 Å². The molecule has 1 aliphatic rings. The highest BCUT2D eigenvalue weighted by atomic mass is 35.5. The summed E-state index contributed by atoms with van der Waals surface area (Å²) in [5.41, 5.74) is -0.509. The average molecular weight is 513 g/mol. The van der Waals surface area contributed by atoms with Crippen molar-refractivity contribution in [2.24, 2.45) is 5.92 Å². The second-order valence-electron chi connectivity index (χ2n) is 7.52. The molecule has 2 aromatic carbocycles. The van der Waals surface area contributed by atoms with E-state index in [4.69, 9.17) is 21.1 Å². The molecule has 0 bridgehead atoms. The molecular formula is C23H20ClF3N2O6. The Morgan fingerprint density at radius 1 is 1.11 bits per heavy atom. The van der Waals surface area contributed by atoms with Gasteiger partial charge in [0.1, 0.15) is 0 Å². The first-order chi connectivity index (χ1) is 16.5. The lowest BCUT2D eigenvalue weighted by molar-refractivity contribution is -0.151. The molecule has 1 heterocycles. The molecule has 0 unspecified atom stereocenters. The van der Waals surface area contributed by atoms with E-state index >= 15 is 0 Å². The van der Waals surface area contributed by atoms with Crippen LogP contribution in [0, 0.1) is 5.92 Å². The van der Waals surface area contributed by atoms with Crippen molar-refractivity contribution in [1.29, 1.82) is 0 Å². The Morgan fingerprint density at radius 3 is 2.43 bits per heavy atom. The van der Waals surface area contributed by atoms with E-state index in [1.807, 2.05) is 0 Å². The molecule has 1 fully saturated rings. The van der Waals surface area contributed by atoms with Crippen molar-refractivity contribution in [3.8, 4) is 0 Å². The molecule has 8 nitrogen and oxygen atoms in total. The minimum absolute atomic E-state index is 0.00249. The van der Waals surface area contributed by atoms with Gasteiger partial charge in [0, 0.05) is 18.7 Å². The summed E-state index contributed by atoms with van der Waals surface area (Å²) in [6.07, 6.45) is -4.78. The van der Waals surface area contributed by atoms with E-state index in [2.05, 4.69) is 5.32 Å². The molecule has 0 aromatic heterocycles. The van der Waals surface area contributed by atoms with Crippen LogP contribution in [0.1, 0.15) is 29.3 Å². The summed E-state index contributed by atoms with van der Waals surface area (Å²) >= 11 is 5.83. The fourth-order valence-corrected chi connectivity index (χ4v) is 3.51. The van der Waals surface area contributed by atoms with Crippen molar-refractivity contribution in [2.45, 2.75) is 19.5 Å². The van der Waals surface area contributed by atoms with Crippen LogP contribution in [0.5, 0.6) is 0 Å². The Morgan fingerprint density at radius 2 is 1.80 bits per heavy atom. The number of benzene rings is 2. The summed E-state index contributed by atoms with van der Waals surface area (Å²) < 4.78 is 48.4. The largest absolute Gasteiger partial charge is 0.462 e. The second kappa shape index (κ2) is 10.8. The second-order valence-corrected chi connectivity index (χ2v) is 7.93. The number of hydrogen-bond acceptors (Lipinski definition) is 6. The molecule has 0 saturated carbocycles. The van der Waals surface area contributed by atoms with Gasteiger partial charge in [-0.05, 0) is 49.4 Å². The van der Waals surface area contributed by atoms with Gasteiger partial charge in [-0.3, -0.25) is 14.4 Å². The number of anilines is 2. The average Bonchev–Trinajstić information content (AvgIpc) is 3.20. The maximum atomic E-state index is 12.9. The van der Waals surface area contributed by atoms with E-state index in [0.29, 0.717) is 17.3 Å². The number of esters is 2. The van der Waals surface area contributed by atoms with Gasteiger partial charge in [-0.1, -0.05) is 11.6 Å². The number of halogens is 4. The third kappa shape index (κ3) is 6.50. The van der Waals surface area contributed by atoms with Crippen molar-refractivity contribution in [3.05, 3.63) is 58.6 Å². The standard InChI is InChI=1S/C23H20ClF3N2O6/c1-2-34-21(32)13-3-6-16(7-4-13)29-11-14(9-20(29)31)22(33)35-12-19(30)28-18-10-15(23(25,26)27)5-8-17(18)24/h3-8,10,14H,2,9,11-12H2,1H3,(H,28,30)/t14-/m0/s1. The van der Waals surface area contributed by atoms with Gasteiger partial charge in [-0.2, -0.15) is 13.2 Å². The maximum Gasteiger partial charge on any atom is 0.416 e. The molecule has 2 amide bonds. The lowest BCUT2D eigenvalue weighted by atomic mass is 10.1. The van der Waals surface area contributed by atoms with Crippen molar-refractivity contribution in [3.63, 3.8) is 0 Å². The van der Waals surface area contributed by atoms with Gasteiger partial charge < -0.3 is 19.7 Å². The van der Waals surface area contributed by atoms with E-state index < -0.39 is 42.1 Å². The summed E-state index contributed by atoms with van der Waals surface area (Å²) in [7, 11) is 0. The quantitative estimate of drug-likeness (QED) is 0.561. The summed E-state index contributed by atoms with van der Waals surface area (Å²) in [4.78, 5) is 49.9. The van der Waals surface area contributed by atoms with Crippen LogP contribution in [0.3, 0.4) is 0 Å². The van der Waals surface area contributed by atoms with Crippen LogP contribution < -0.4 is 10.2 Å². The normalized spacial score (nSPS) is 15.6. The first kappa shape index (κ1) is 26.0. The smallest absolute Gasteiger partial charge is 0.416 e. The SMILES string of the molecule is CCOC(=O)c1ccc(N2C[C@@H](C(=O)OCC(=O)Nc3cc(C(F)(F)F)ccc3Cl)CC2=O)cc1. The predicted molar refractivity (Wildman–Crippen MR) is 119 cm³/mol. The number of nitrogens with zero attached hydrogens (tertiary/aromatic N) is 1. The van der Waals surface area contributed by atoms with Crippen molar-refractivity contribution < 1.29 is 41.8 Å². The van der Waals surface area contributed by atoms with Crippen LogP contribution in [0.2, 0.25) is 5.02 Å². The number of amides is 2. The lowest BCUT2D eigenvalue weighted by Gasteiger charge is -2.17. The molecule has 186 valence electrons. The number of rotatable bonds is 7.